The van der Waals surface area contributed by atoms with Crippen LogP contribution in [0.5, 0.6) is 5.75 Å². The van der Waals surface area contributed by atoms with Gasteiger partial charge >= 0.3 is 0 Å². The van der Waals surface area contributed by atoms with E-state index in [0.29, 0.717) is 6.04 Å². The quantitative estimate of drug-likeness (QED) is 0.863. The molecule has 1 aromatic heterocycles. The molecule has 4 nitrogen and oxygen atoms in total. The summed E-state index contributed by atoms with van der Waals surface area (Å²) < 4.78 is 7.63. The predicted molar refractivity (Wildman–Crippen MR) is 89.8 cm³/mol. The van der Waals surface area contributed by atoms with Crippen molar-refractivity contribution in [1.82, 2.24) is 9.88 Å². The Kier molecular flexibility index (Phi) is 4.78. The number of fused-ring (bicyclic) bond motifs is 1. The molecule has 0 bridgehead atoms. The van der Waals surface area contributed by atoms with Gasteiger partial charge in [0.2, 0.25) is 0 Å². The lowest BCUT2D eigenvalue weighted by Gasteiger charge is -2.25. The Morgan fingerprint density at radius 3 is 2.86 bits per heavy atom. The van der Waals surface area contributed by atoms with Gasteiger partial charge in [0.05, 0.1) is 6.61 Å². The minimum Gasteiger partial charge on any atom is -0.494 e. The summed E-state index contributed by atoms with van der Waals surface area (Å²) >= 11 is 0. The van der Waals surface area contributed by atoms with Crippen molar-refractivity contribution in [3.63, 3.8) is 0 Å². The minimum absolute atomic E-state index is 0.115. The molecule has 1 aliphatic rings. The Balaban J connectivity index is 1.87. The van der Waals surface area contributed by atoms with Crippen LogP contribution in [0.2, 0.25) is 0 Å². The fourth-order valence-corrected chi connectivity index (χ4v) is 3.04. The van der Waals surface area contributed by atoms with E-state index in [1.807, 2.05) is 35.0 Å². The summed E-state index contributed by atoms with van der Waals surface area (Å²) in [5, 5.41) is 5.08. The zero-order valence-electron chi connectivity index (χ0n) is 13.2. The smallest absolute Gasteiger partial charge is 0.258 e. The van der Waals surface area contributed by atoms with E-state index in [4.69, 9.17) is 4.74 Å². The van der Waals surface area contributed by atoms with Crippen molar-refractivity contribution in [2.45, 2.75) is 38.6 Å². The van der Waals surface area contributed by atoms with E-state index in [9.17, 15) is 4.79 Å². The van der Waals surface area contributed by atoms with E-state index >= 15 is 0 Å². The van der Waals surface area contributed by atoms with Gasteiger partial charge in [-0.05, 0) is 62.0 Å². The Labute approximate surface area is 131 Å². The standard InChI is InChI=1S/C18H24N2O2/c1-2-3-12-22-16-4-5-17-14(13-16)8-11-20(18(17)21)15-6-9-19-10-7-15/h4-5,8,11,13,15,19H,2-3,6-7,9-10,12H2,1H3. The van der Waals surface area contributed by atoms with Crippen molar-refractivity contribution < 1.29 is 4.74 Å². The lowest BCUT2D eigenvalue weighted by Crippen LogP contribution is -2.34. The minimum atomic E-state index is 0.115. The molecule has 0 aliphatic carbocycles. The zero-order chi connectivity index (χ0) is 15.4. The maximum Gasteiger partial charge on any atom is 0.258 e. The largest absolute Gasteiger partial charge is 0.494 e. The second kappa shape index (κ2) is 6.97. The van der Waals surface area contributed by atoms with E-state index in [2.05, 4.69) is 12.2 Å². The first-order valence-electron chi connectivity index (χ1n) is 8.28. The van der Waals surface area contributed by atoms with Crippen molar-refractivity contribution in [3.05, 3.63) is 40.8 Å². The van der Waals surface area contributed by atoms with Crippen LogP contribution in [0.15, 0.2) is 35.3 Å². The van der Waals surface area contributed by atoms with Gasteiger partial charge < -0.3 is 14.6 Å². The molecule has 2 aromatic rings. The molecule has 1 fully saturated rings. The molecular weight excluding hydrogens is 276 g/mol. The fraction of sp³-hybridized carbons (Fsp3) is 0.500. The molecule has 2 heterocycles. The second-order valence-electron chi connectivity index (χ2n) is 5.96. The third-order valence-corrected chi connectivity index (χ3v) is 4.37. The highest BCUT2D eigenvalue weighted by atomic mass is 16.5. The Bertz CT molecular complexity index is 687. The summed E-state index contributed by atoms with van der Waals surface area (Å²) in [5.74, 6) is 0.847. The van der Waals surface area contributed by atoms with Crippen molar-refractivity contribution in [2.24, 2.45) is 0 Å². The average Bonchev–Trinajstić information content (AvgIpc) is 2.56. The van der Waals surface area contributed by atoms with Crippen LogP contribution in [0.25, 0.3) is 10.8 Å². The molecule has 0 saturated carbocycles. The van der Waals surface area contributed by atoms with Crippen molar-refractivity contribution in [2.75, 3.05) is 19.7 Å². The van der Waals surface area contributed by atoms with Crippen LogP contribution >= 0.6 is 0 Å². The van der Waals surface area contributed by atoms with E-state index in [1.165, 1.54) is 0 Å². The highest BCUT2D eigenvalue weighted by Gasteiger charge is 2.16. The SMILES string of the molecule is CCCCOc1ccc2c(=O)n(C3CCNCC3)ccc2c1. The molecule has 0 atom stereocenters. The second-order valence-corrected chi connectivity index (χ2v) is 5.96. The molecule has 0 spiro atoms. The van der Waals surface area contributed by atoms with Crippen LogP contribution in [-0.4, -0.2) is 24.3 Å². The number of piperidine rings is 1. The molecule has 1 N–H and O–H groups in total. The molecular formula is C18H24N2O2. The van der Waals surface area contributed by atoms with Crippen LogP contribution in [0.4, 0.5) is 0 Å². The highest BCUT2D eigenvalue weighted by Crippen LogP contribution is 2.21. The van der Waals surface area contributed by atoms with Crippen LogP contribution < -0.4 is 15.6 Å². The molecule has 1 aliphatic heterocycles. The van der Waals surface area contributed by atoms with Crippen molar-refractivity contribution in [1.29, 1.82) is 0 Å². The number of nitrogens with one attached hydrogen (secondary N) is 1. The number of rotatable bonds is 5. The molecule has 22 heavy (non-hydrogen) atoms. The van der Waals surface area contributed by atoms with Gasteiger partial charge in [-0.3, -0.25) is 4.79 Å². The summed E-state index contributed by atoms with van der Waals surface area (Å²) in [4.78, 5) is 12.7. The average molecular weight is 300 g/mol. The van der Waals surface area contributed by atoms with Gasteiger partial charge in [0.25, 0.3) is 5.56 Å². The summed E-state index contributed by atoms with van der Waals surface area (Å²) in [6.45, 7) is 4.85. The lowest BCUT2D eigenvalue weighted by molar-refractivity contribution is 0.310. The molecule has 1 aromatic carbocycles. The normalized spacial score (nSPS) is 16.0. The number of hydrogen-bond donors (Lipinski definition) is 1. The molecule has 0 radical (unpaired) electrons. The van der Waals surface area contributed by atoms with E-state index in [-0.39, 0.29) is 5.56 Å². The number of unbranched alkanes of at least 4 members (excludes halogenated alkanes) is 1. The van der Waals surface area contributed by atoms with Gasteiger partial charge in [0.15, 0.2) is 0 Å². The van der Waals surface area contributed by atoms with E-state index in [1.54, 1.807) is 0 Å². The van der Waals surface area contributed by atoms with Gasteiger partial charge in [-0.25, -0.2) is 0 Å². The predicted octanol–water partition coefficient (Wildman–Crippen LogP) is 3.10. The summed E-state index contributed by atoms with van der Waals surface area (Å²) in [6, 6.07) is 8.13. The van der Waals surface area contributed by atoms with Gasteiger partial charge in [0.1, 0.15) is 5.75 Å². The summed E-state index contributed by atoms with van der Waals surface area (Å²) in [5.41, 5.74) is 0.115. The van der Waals surface area contributed by atoms with Crippen molar-refractivity contribution in [3.8, 4) is 5.75 Å². The molecule has 4 heteroatoms. The number of hydrogen-bond acceptors (Lipinski definition) is 3. The van der Waals surface area contributed by atoms with Crippen LogP contribution in [0.3, 0.4) is 0 Å². The fourth-order valence-electron chi connectivity index (χ4n) is 3.04. The lowest BCUT2D eigenvalue weighted by atomic mass is 10.1. The molecule has 1 saturated heterocycles. The monoisotopic (exact) mass is 300 g/mol. The van der Waals surface area contributed by atoms with E-state index < -0.39 is 0 Å². The van der Waals surface area contributed by atoms with Gasteiger partial charge in [-0.15, -0.1) is 0 Å². The van der Waals surface area contributed by atoms with Gasteiger partial charge in [0, 0.05) is 17.6 Å². The number of benzene rings is 1. The zero-order valence-corrected chi connectivity index (χ0v) is 13.2. The maximum atomic E-state index is 12.7. The first-order chi connectivity index (χ1) is 10.8. The topological polar surface area (TPSA) is 43.3 Å². The summed E-state index contributed by atoms with van der Waals surface area (Å²) in [6.07, 6.45) is 6.15. The first kappa shape index (κ1) is 15.1. The van der Waals surface area contributed by atoms with E-state index in [0.717, 1.165) is 61.9 Å². The number of aromatic nitrogens is 1. The number of pyridine rings is 1. The Morgan fingerprint density at radius 2 is 2.09 bits per heavy atom. The van der Waals surface area contributed by atoms with Crippen LogP contribution in [-0.2, 0) is 0 Å². The maximum absolute atomic E-state index is 12.7. The van der Waals surface area contributed by atoms with Crippen molar-refractivity contribution >= 4 is 10.8 Å². The Morgan fingerprint density at radius 1 is 1.27 bits per heavy atom. The molecule has 0 unspecified atom stereocenters. The molecule has 0 amide bonds. The van der Waals surface area contributed by atoms with Gasteiger partial charge in [-0.1, -0.05) is 13.3 Å². The number of ether oxygens (including phenoxy) is 1. The Hall–Kier alpha value is -1.81. The number of nitrogens with zero attached hydrogens (tertiary/aromatic N) is 1. The van der Waals surface area contributed by atoms with Gasteiger partial charge in [-0.2, -0.15) is 0 Å². The summed E-state index contributed by atoms with van der Waals surface area (Å²) in [7, 11) is 0. The molecule has 118 valence electrons. The molecule has 3 rings (SSSR count). The third-order valence-electron chi connectivity index (χ3n) is 4.37. The van der Waals surface area contributed by atoms with Crippen LogP contribution in [0.1, 0.15) is 38.6 Å². The highest BCUT2D eigenvalue weighted by molar-refractivity contribution is 5.82. The first-order valence-corrected chi connectivity index (χ1v) is 8.28. The third kappa shape index (κ3) is 3.17. The van der Waals surface area contributed by atoms with Crippen LogP contribution in [0, 0.1) is 0 Å².